The smallest absolute Gasteiger partial charge is 0.233 e. The molecule has 26 heavy (non-hydrogen) atoms. The predicted molar refractivity (Wildman–Crippen MR) is 105 cm³/mol. The van der Waals surface area contributed by atoms with Gasteiger partial charge in [-0.25, -0.2) is 0 Å². The molecule has 0 bridgehead atoms. The molecular weight excluding hydrogens is 324 g/mol. The number of hydrogen-bond donors (Lipinski definition) is 0. The van der Waals surface area contributed by atoms with E-state index >= 15 is 0 Å². The third-order valence-corrected chi connectivity index (χ3v) is 6.44. The molecule has 144 valence electrons. The van der Waals surface area contributed by atoms with Gasteiger partial charge in [0.15, 0.2) is 0 Å². The number of rotatable bonds is 5. The highest BCUT2D eigenvalue weighted by molar-refractivity contribution is 5.88. The number of likely N-dealkylation sites (tertiary alicyclic amines) is 1. The quantitative estimate of drug-likeness (QED) is 0.808. The molecule has 1 aromatic rings. The van der Waals surface area contributed by atoms with Gasteiger partial charge in [0.1, 0.15) is 0 Å². The van der Waals surface area contributed by atoms with Crippen LogP contribution in [-0.4, -0.2) is 62.1 Å². The lowest BCUT2D eigenvalue weighted by molar-refractivity contribution is -0.145. The zero-order valence-corrected chi connectivity index (χ0v) is 16.7. The summed E-state index contributed by atoms with van der Waals surface area (Å²) in [5, 5.41) is 0. The summed E-state index contributed by atoms with van der Waals surface area (Å²) in [5.41, 5.74) is 0.780. The Labute approximate surface area is 158 Å². The van der Waals surface area contributed by atoms with E-state index in [1.165, 1.54) is 12.0 Å². The number of nitrogens with zero attached hydrogens (tertiary/aromatic N) is 2. The lowest BCUT2D eigenvalue weighted by Crippen LogP contribution is -2.56. The second-order valence-corrected chi connectivity index (χ2v) is 8.43. The summed E-state index contributed by atoms with van der Waals surface area (Å²) in [5.74, 6) is 0.345. The van der Waals surface area contributed by atoms with E-state index in [-0.39, 0.29) is 11.0 Å². The predicted octanol–water partition coefficient (Wildman–Crippen LogP) is 3.46. The normalized spacial score (nSPS) is 22.4. The first kappa shape index (κ1) is 19.4. The highest BCUT2D eigenvalue weighted by Gasteiger charge is 2.45. The second-order valence-electron chi connectivity index (χ2n) is 8.43. The van der Waals surface area contributed by atoms with Gasteiger partial charge in [-0.05, 0) is 45.3 Å². The SMILES string of the molecule is COC1(CN(C)C)CCN(C(=O)C2(c3ccccc3)CCCCC2)CC1. The number of ether oxygens (including phenoxy) is 1. The van der Waals surface area contributed by atoms with E-state index in [1.54, 1.807) is 0 Å². The Morgan fingerprint density at radius 2 is 1.65 bits per heavy atom. The molecule has 4 nitrogen and oxygen atoms in total. The van der Waals surface area contributed by atoms with E-state index in [1.807, 2.05) is 13.2 Å². The summed E-state index contributed by atoms with van der Waals surface area (Å²) in [6.07, 6.45) is 7.35. The maximum atomic E-state index is 13.7. The van der Waals surface area contributed by atoms with Crippen molar-refractivity contribution in [2.24, 2.45) is 0 Å². The van der Waals surface area contributed by atoms with Gasteiger partial charge in [0.25, 0.3) is 0 Å². The Morgan fingerprint density at radius 1 is 1.04 bits per heavy atom. The minimum atomic E-state index is -0.311. The fraction of sp³-hybridized carbons (Fsp3) is 0.682. The highest BCUT2D eigenvalue weighted by atomic mass is 16.5. The first-order valence-electron chi connectivity index (χ1n) is 10.1. The third-order valence-electron chi connectivity index (χ3n) is 6.44. The van der Waals surface area contributed by atoms with Crippen LogP contribution >= 0.6 is 0 Å². The molecule has 0 aromatic heterocycles. The van der Waals surface area contributed by atoms with Crippen molar-refractivity contribution in [3.63, 3.8) is 0 Å². The van der Waals surface area contributed by atoms with E-state index in [0.717, 1.165) is 58.2 Å². The fourth-order valence-corrected chi connectivity index (χ4v) is 4.96. The van der Waals surface area contributed by atoms with Crippen molar-refractivity contribution in [1.82, 2.24) is 9.80 Å². The van der Waals surface area contributed by atoms with Crippen LogP contribution in [0.2, 0.25) is 0 Å². The van der Waals surface area contributed by atoms with E-state index in [4.69, 9.17) is 4.74 Å². The molecule has 1 saturated carbocycles. The average Bonchev–Trinajstić information content (AvgIpc) is 2.69. The summed E-state index contributed by atoms with van der Waals surface area (Å²) in [7, 11) is 5.99. The standard InChI is InChI=1S/C22H34N2O2/c1-23(2)18-21(26-3)14-16-24(17-15-21)20(25)22(12-8-5-9-13-22)19-10-6-4-7-11-19/h4,6-7,10-11H,5,8-9,12-18H2,1-3H3. The molecule has 3 rings (SSSR count). The molecule has 1 aliphatic heterocycles. The van der Waals surface area contributed by atoms with Crippen LogP contribution in [0, 0.1) is 0 Å². The van der Waals surface area contributed by atoms with Crippen LogP contribution in [0.25, 0.3) is 0 Å². The molecule has 1 saturated heterocycles. The van der Waals surface area contributed by atoms with Gasteiger partial charge >= 0.3 is 0 Å². The number of methoxy groups -OCH3 is 1. The Kier molecular flexibility index (Phi) is 6.03. The second kappa shape index (κ2) is 8.10. The lowest BCUT2D eigenvalue weighted by atomic mass is 9.68. The minimum absolute atomic E-state index is 0.118. The molecule has 1 amide bonds. The summed E-state index contributed by atoms with van der Waals surface area (Å²) in [6.45, 7) is 2.51. The van der Waals surface area contributed by atoms with Gasteiger partial charge in [0.2, 0.25) is 5.91 Å². The highest BCUT2D eigenvalue weighted by Crippen LogP contribution is 2.42. The minimum Gasteiger partial charge on any atom is -0.377 e. The third kappa shape index (κ3) is 3.81. The van der Waals surface area contributed by atoms with Crippen molar-refractivity contribution in [3.05, 3.63) is 35.9 Å². The topological polar surface area (TPSA) is 32.8 Å². The molecular formula is C22H34N2O2. The molecule has 2 fully saturated rings. The van der Waals surface area contributed by atoms with Crippen molar-refractivity contribution < 1.29 is 9.53 Å². The summed E-state index contributed by atoms with van der Waals surface area (Å²) in [4.78, 5) is 18.0. The first-order valence-corrected chi connectivity index (χ1v) is 10.1. The van der Waals surface area contributed by atoms with Crippen LogP contribution in [0.3, 0.4) is 0 Å². The number of carbonyl (C=O) groups is 1. The van der Waals surface area contributed by atoms with Crippen molar-refractivity contribution in [2.75, 3.05) is 40.8 Å². The van der Waals surface area contributed by atoms with Crippen LogP contribution < -0.4 is 0 Å². The monoisotopic (exact) mass is 358 g/mol. The molecule has 0 atom stereocenters. The van der Waals surface area contributed by atoms with Crippen LogP contribution in [-0.2, 0) is 14.9 Å². The van der Waals surface area contributed by atoms with E-state index < -0.39 is 0 Å². The maximum absolute atomic E-state index is 13.7. The zero-order chi connectivity index (χ0) is 18.6. The molecule has 2 aliphatic rings. The number of likely N-dealkylation sites (N-methyl/N-ethyl adjacent to an activating group) is 1. The van der Waals surface area contributed by atoms with E-state index in [9.17, 15) is 4.79 Å². The van der Waals surface area contributed by atoms with Gasteiger partial charge in [-0.1, -0.05) is 49.6 Å². The Balaban J connectivity index is 1.77. The number of piperidine rings is 1. The Bertz CT molecular complexity index is 585. The average molecular weight is 359 g/mol. The number of hydrogen-bond acceptors (Lipinski definition) is 3. The fourth-order valence-electron chi connectivity index (χ4n) is 4.96. The van der Waals surface area contributed by atoms with Gasteiger partial charge < -0.3 is 14.5 Å². The summed E-state index contributed by atoms with van der Waals surface area (Å²) >= 11 is 0. The van der Waals surface area contributed by atoms with Gasteiger partial charge in [0.05, 0.1) is 11.0 Å². The van der Waals surface area contributed by atoms with Crippen LogP contribution in [0.1, 0.15) is 50.5 Å². The molecule has 1 heterocycles. The van der Waals surface area contributed by atoms with Gasteiger partial charge in [-0.3, -0.25) is 4.79 Å². The largest absolute Gasteiger partial charge is 0.377 e. The first-order chi connectivity index (χ1) is 12.5. The zero-order valence-electron chi connectivity index (χ0n) is 16.7. The lowest BCUT2D eigenvalue weighted by Gasteiger charge is -2.46. The maximum Gasteiger partial charge on any atom is 0.233 e. The van der Waals surface area contributed by atoms with Crippen LogP contribution in [0.5, 0.6) is 0 Å². The van der Waals surface area contributed by atoms with Crippen LogP contribution in [0.15, 0.2) is 30.3 Å². The van der Waals surface area contributed by atoms with E-state index in [2.05, 4.69) is 48.2 Å². The number of benzene rings is 1. The molecule has 0 N–H and O–H groups in total. The van der Waals surface area contributed by atoms with Gasteiger partial charge in [-0.15, -0.1) is 0 Å². The molecule has 0 spiro atoms. The van der Waals surface area contributed by atoms with Crippen LogP contribution in [0.4, 0.5) is 0 Å². The molecule has 0 radical (unpaired) electrons. The number of carbonyl (C=O) groups excluding carboxylic acids is 1. The van der Waals surface area contributed by atoms with Crippen molar-refractivity contribution in [1.29, 1.82) is 0 Å². The van der Waals surface area contributed by atoms with Gasteiger partial charge in [0, 0.05) is 26.7 Å². The Hall–Kier alpha value is -1.39. The number of amides is 1. The molecule has 1 aliphatic carbocycles. The Morgan fingerprint density at radius 3 is 2.19 bits per heavy atom. The molecule has 1 aromatic carbocycles. The summed E-state index contributed by atoms with van der Waals surface area (Å²) < 4.78 is 5.89. The van der Waals surface area contributed by atoms with E-state index in [0.29, 0.717) is 5.91 Å². The summed E-state index contributed by atoms with van der Waals surface area (Å²) in [6, 6.07) is 10.5. The molecule has 0 unspecified atom stereocenters. The van der Waals surface area contributed by atoms with Crippen molar-refractivity contribution >= 4 is 5.91 Å². The van der Waals surface area contributed by atoms with Crippen molar-refractivity contribution in [2.45, 2.75) is 56.0 Å². The van der Waals surface area contributed by atoms with Crippen molar-refractivity contribution in [3.8, 4) is 0 Å². The molecule has 4 heteroatoms. The van der Waals surface area contributed by atoms with Gasteiger partial charge in [-0.2, -0.15) is 0 Å².